The number of fused-ring (bicyclic) bond motifs is 1. The van der Waals surface area contributed by atoms with E-state index in [2.05, 4.69) is 27.6 Å². The molecule has 3 aromatic rings. The Kier molecular flexibility index (Phi) is 3.54. The van der Waals surface area contributed by atoms with Gasteiger partial charge in [0, 0.05) is 49.4 Å². The zero-order chi connectivity index (χ0) is 15.1. The smallest absolute Gasteiger partial charge is 0.186 e. The molecule has 0 radical (unpaired) electrons. The fourth-order valence-electron chi connectivity index (χ4n) is 2.96. The van der Waals surface area contributed by atoms with E-state index in [0.717, 1.165) is 46.4 Å². The van der Waals surface area contributed by atoms with Gasteiger partial charge in [-0.25, -0.2) is 9.97 Å². The summed E-state index contributed by atoms with van der Waals surface area (Å²) in [7, 11) is 0. The van der Waals surface area contributed by atoms with Crippen molar-refractivity contribution >= 4 is 38.3 Å². The molecule has 4 rings (SSSR count). The highest BCUT2D eigenvalue weighted by Gasteiger charge is 2.29. The first-order valence-electron chi connectivity index (χ1n) is 7.54. The number of rotatable bonds is 4. The molecule has 1 saturated heterocycles. The zero-order valence-electron chi connectivity index (χ0n) is 12.4. The van der Waals surface area contributed by atoms with Crippen molar-refractivity contribution in [2.24, 2.45) is 5.92 Å². The van der Waals surface area contributed by atoms with Crippen molar-refractivity contribution in [1.29, 1.82) is 0 Å². The predicted octanol–water partition coefficient (Wildman–Crippen LogP) is 3.85. The van der Waals surface area contributed by atoms with E-state index >= 15 is 0 Å². The molecule has 0 aliphatic carbocycles. The minimum atomic E-state index is 0.676. The van der Waals surface area contributed by atoms with E-state index in [1.165, 1.54) is 5.82 Å². The van der Waals surface area contributed by atoms with Gasteiger partial charge in [0.25, 0.3) is 0 Å². The Hall–Kier alpha value is -1.59. The summed E-state index contributed by atoms with van der Waals surface area (Å²) in [6, 6.07) is 5.89. The molecule has 1 aliphatic rings. The summed E-state index contributed by atoms with van der Waals surface area (Å²) in [6.07, 6.45) is 4.97. The Morgan fingerprint density at radius 1 is 1.36 bits per heavy atom. The van der Waals surface area contributed by atoms with E-state index in [0.29, 0.717) is 5.92 Å². The molecule has 0 bridgehead atoms. The zero-order valence-corrected chi connectivity index (χ0v) is 13.9. The monoisotopic (exact) mass is 332 g/mol. The summed E-state index contributed by atoms with van der Waals surface area (Å²) >= 11 is 7.77. The predicted molar refractivity (Wildman–Crippen MR) is 91.9 cm³/mol. The number of halogens is 1. The van der Waals surface area contributed by atoms with Gasteiger partial charge in [-0.15, -0.1) is 0 Å². The van der Waals surface area contributed by atoms with Crippen molar-refractivity contribution in [2.75, 3.05) is 18.0 Å². The van der Waals surface area contributed by atoms with Crippen LogP contribution in [0.25, 0.3) is 10.2 Å². The van der Waals surface area contributed by atoms with E-state index in [1.807, 2.05) is 24.4 Å². The molecular formula is C16H17ClN4S. The number of hydrogen-bond acceptors (Lipinski definition) is 4. The van der Waals surface area contributed by atoms with Crippen LogP contribution in [0, 0.1) is 5.92 Å². The molecule has 6 heteroatoms. The normalized spacial score (nSPS) is 15.5. The molecule has 0 saturated carbocycles. The van der Waals surface area contributed by atoms with Gasteiger partial charge >= 0.3 is 0 Å². The van der Waals surface area contributed by atoms with Crippen LogP contribution in [-0.2, 0) is 13.0 Å². The Morgan fingerprint density at radius 3 is 3.05 bits per heavy atom. The van der Waals surface area contributed by atoms with E-state index in [9.17, 15) is 0 Å². The van der Waals surface area contributed by atoms with Crippen LogP contribution >= 0.6 is 22.9 Å². The van der Waals surface area contributed by atoms with Crippen molar-refractivity contribution in [3.05, 3.63) is 41.4 Å². The van der Waals surface area contributed by atoms with Crippen molar-refractivity contribution in [3.8, 4) is 0 Å². The summed E-state index contributed by atoms with van der Waals surface area (Å²) < 4.78 is 3.44. The fourth-order valence-corrected chi connectivity index (χ4v) is 4.22. The Balaban J connectivity index is 1.43. The highest BCUT2D eigenvalue weighted by molar-refractivity contribution is 7.22. The standard InChI is InChI=1S/C16H17ClN4S/c1-2-15-18-5-6-20(15)8-11-9-21(10-11)16-19-13-4-3-12(17)7-14(13)22-16/h3-7,11H,2,8-10H2,1H3. The van der Waals surface area contributed by atoms with Gasteiger partial charge in [-0.3, -0.25) is 0 Å². The number of hydrogen-bond donors (Lipinski definition) is 0. The van der Waals surface area contributed by atoms with Gasteiger partial charge in [0.05, 0.1) is 10.2 Å². The maximum Gasteiger partial charge on any atom is 0.186 e. The lowest BCUT2D eigenvalue weighted by molar-refractivity contribution is 0.353. The number of nitrogens with zero attached hydrogens (tertiary/aromatic N) is 4. The summed E-state index contributed by atoms with van der Waals surface area (Å²) in [5.74, 6) is 1.85. The van der Waals surface area contributed by atoms with Gasteiger partial charge in [-0.05, 0) is 18.2 Å². The molecule has 1 fully saturated rings. The maximum absolute atomic E-state index is 6.04. The molecule has 0 spiro atoms. The van der Waals surface area contributed by atoms with Gasteiger partial charge in [0.2, 0.25) is 0 Å². The van der Waals surface area contributed by atoms with E-state index in [4.69, 9.17) is 16.6 Å². The first kappa shape index (κ1) is 14.0. The molecule has 1 aromatic carbocycles. The van der Waals surface area contributed by atoms with Crippen LogP contribution in [0.1, 0.15) is 12.7 Å². The van der Waals surface area contributed by atoms with Crippen LogP contribution < -0.4 is 4.90 Å². The quantitative estimate of drug-likeness (QED) is 0.727. The minimum absolute atomic E-state index is 0.676. The van der Waals surface area contributed by atoms with Gasteiger partial charge in [-0.1, -0.05) is 29.9 Å². The SMILES string of the molecule is CCc1nccn1CC1CN(c2nc3ccc(Cl)cc3s2)C1. The van der Waals surface area contributed by atoms with E-state index in [-0.39, 0.29) is 0 Å². The number of benzene rings is 1. The molecule has 0 N–H and O–H groups in total. The Bertz CT molecular complexity index is 803. The third-order valence-electron chi connectivity index (χ3n) is 4.14. The van der Waals surface area contributed by atoms with Crippen LogP contribution in [0.2, 0.25) is 5.02 Å². The lowest BCUT2D eigenvalue weighted by atomic mass is 10.0. The highest BCUT2D eigenvalue weighted by Crippen LogP contribution is 2.34. The highest BCUT2D eigenvalue weighted by atomic mass is 35.5. The molecule has 114 valence electrons. The van der Waals surface area contributed by atoms with Crippen LogP contribution in [0.3, 0.4) is 0 Å². The van der Waals surface area contributed by atoms with Crippen molar-refractivity contribution in [1.82, 2.24) is 14.5 Å². The van der Waals surface area contributed by atoms with Gasteiger partial charge in [0.1, 0.15) is 5.82 Å². The Labute approximate surface area is 138 Å². The molecular weight excluding hydrogens is 316 g/mol. The number of thiazole rings is 1. The molecule has 0 unspecified atom stereocenters. The molecule has 2 aromatic heterocycles. The first-order valence-corrected chi connectivity index (χ1v) is 8.73. The second kappa shape index (κ2) is 5.56. The van der Waals surface area contributed by atoms with Gasteiger partial charge < -0.3 is 9.47 Å². The summed E-state index contributed by atoms with van der Waals surface area (Å²) in [4.78, 5) is 11.4. The largest absolute Gasteiger partial charge is 0.347 e. The van der Waals surface area contributed by atoms with Crippen LogP contribution in [-0.4, -0.2) is 27.6 Å². The molecule has 0 amide bonds. The summed E-state index contributed by atoms with van der Waals surface area (Å²) in [5.41, 5.74) is 1.04. The van der Waals surface area contributed by atoms with Crippen LogP contribution in [0.15, 0.2) is 30.6 Å². The topological polar surface area (TPSA) is 34.0 Å². The lowest BCUT2D eigenvalue weighted by Crippen LogP contribution is -2.48. The second-order valence-corrected chi connectivity index (χ2v) is 7.17. The molecule has 0 atom stereocenters. The molecule has 1 aliphatic heterocycles. The first-order chi connectivity index (χ1) is 10.7. The third-order valence-corrected chi connectivity index (χ3v) is 5.45. The lowest BCUT2D eigenvalue weighted by Gasteiger charge is -2.39. The minimum Gasteiger partial charge on any atom is -0.347 e. The number of imidazole rings is 1. The number of aryl methyl sites for hydroxylation is 1. The van der Waals surface area contributed by atoms with E-state index < -0.39 is 0 Å². The maximum atomic E-state index is 6.04. The Morgan fingerprint density at radius 2 is 2.23 bits per heavy atom. The van der Waals surface area contributed by atoms with Crippen molar-refractivity contribution in [2.45, 2.75) is 19.9 Å². The second-order valence-electron chi connectivity index (χ2n) is 5.73. The summed E-state index contributed by atoms with van der Waals surface area (Å²) in [5, 5.41) is 1.88. The van der Waals surface area contributed by atoms with Crippen molar-refractivity contribution in [3.63, 3.8) is 0 Å². The average Bonchev–Trinajstić information content (AvgIpc) is 3.07. The van der Waals surface area contributed by atoms with E-state index in [1.54, 1.807) is 11.3 Å². The van der Waals surface area contributed by atoms with Gasteiger partial charge in [-0.2, -0.15) is 0 Å². The summed E-state index contributed by atoms with van der Waals surface area (Å²) in [6.45, 7) is 5.33. The van der Waals surface area contributed by atoms with Crippen LogP contribution in [0.5, 0.6) is 0 Å². The average molecular weight is 333 g/mol. The van der Waals surface area contributed by atoms with Crippen molar-refractivity contribution < 1.29 is 0 Å². The van der Waals surface area contributed by atoms with Crippen LogP contribution in [0.4, 0.5) is 5.13 Å². The number of anilines is 1. The molecule has 3 heterocycles. The van der Waals surface area contributed by atoms with Gasteiger partial charge in [0.15, 0.2) is 5.13 Å². The molecule has 22 heavy (non-hydrogen) atoms. The fraction of sp³-hybridized carbons (Fsp3) is 0.375. The number of aromatic nitrogens is 3. The third kappa shape index (κ3) is 2.48. The molecule has 4 nitrogen and oxygen atoms in total.